The Bertz CT molecular complexity index is 361. The van der Waals surface area contributed by atoms with Gasteiger partial charge in [-0.25, -0.2) is 0 Å². The van der Waals surface area contributed by atoms with Crippen LogP contribution >= 0.6 is 0 Å². The summed E-state index contributed by atoms with van der Waals surface area (Å²) in [5, 5.41) is 0. The number of hydrogen-bond acceptors (Lipinski definition) is 0. The molecule has 2 aliphatic carbocycles. The molecule has 0 unspecified atom stereocenters. The van der Waals surface area contributed by atoms with Crippen molar-refractivity contribution in [2.45, 2.75) is 110 Å². The van der Waals surface area contributed by atoms with Crippen LogP contribution in [0.3, 0.4) is 0 Å². The minimum Gasteiger partial charge on any atom is -0.0885 e. The monoisotopic (exact) mass is 344 g/mol. The minimum atomic E-state index is 0.882. The van der Waals surface area contributed by atoms with Crippen molar-refractivity contribution in [3.05, 3.63) is 24.3 Å². The lowest BCUT2D eigenvalue weighted by Gasteiger charge is -2.28. The summed E-state index contributed by atoms with van der Waals surface area (Å²) in [5.74, 6) is 3.90. The molecule has 0 atom stereocenters. The molecular weight excluding hydrogens is 300 g/mol. The van der Waals surface area contributed by atoms with Crippen molar-refractivity contribution >= 4 is 0 Å². The predicted molar refractivity (Wildman–Crippen MR) is 113 cm³/mol. The van der Waals surface area contributed by atoms with Gasteiger partial charge in [-0.1, -0.05) is 76.7 Å². The number of allylic oxidation sites excluding steroid dienone is 4. The molecule has 0 spiro atoms. The highest BCUT2D eigenvalue weighted by Crippen LogP contribution is 2.34. The summed E-state index contributed by atoms with van der Waals surface area (Å²) >= 11 is 0. The maximum absolute atomic E-state index is 2.53. The Morgan fingerprint density at radius 1 is 0.640 bits per heavy atom. The summed E-state index contributed by atoms with van der Waals surface area (Å²) in [5.41, 5.74) is 0. The first kappa shape index (κ1) is 20.8. The zero-order chi connectivity index (χ0) is 17.7. The summed E-state index contributed by atoms with van der Waals surface area (Å²) in [4.78, 5) is 0. The highest BCUT2D eigenvalue weighted by molar-refractivity contribution is 4.93. The molecule has 144 valence electrons. The SMILES string of the molecule is CCC=C[C@H]1CC[C@H](CC=CC[C@H]2CC[C@H](CCCCC)CC2)CC1. The Kier molecular flexibility index (Phi) is 10.6. The van der Waals surface area contributed by atoms with Crippen LogP contribution in [0.2, 0.25) is 0 Å². The topological polar surface area (TPSA) is 0 Å². The summed E-state index contributed by atoms with van der Waals surface area (Å²) in [7, 11) is 0. The molecule has 0 aromatic heterocycles. The van der Waals surface area contributed by atoms with E-state index in [1.165, 1.54) is 96.3 Å². The van der Waals surface area contributed by atoms with Gasteiger partial charge in [0.15, 0.2) is 0 Å². The van der Waals surface area contributed by atoms with Gasteiger partial charge in [0.25, 0.3) is 0 Å². The molecule has 0 heterocycles. The van der Waals surface area contributed by atoms with E-state index in [1.54, 1.807) is 0 Å². The highest BCUT2D eigenvalue weighted by Gasteiger charge is 2.20. The summed E-state index contributed by atoms with van der Waals surface area (Å²) < 4.78 is 0. The van der Waals surface area contributed by atoms with Crippen LogP contribution in [0.4, 0.5) is 0 Å². The first-order valence-corrected chi connectivity index (χ1v) is 11.6. The molecular formula is C25H44. The standard InChI is InChI=1S/C25H44/c1-3-5-7-11-23-18-20-25(21-19-23)13-9-8-12-24-16-14-22(15-17-24)10-6-4-2/h6,8-10,22-25H,3-5,7,11-21H2,1-2H3/t22-,23-,24-,25-. The maximum Gasteiger partial charge on any atom is -0.0233 e. The minimum absolute atomic E-state index is 0.882. The molecule has 2 rings (SSSR count). The predicted octanol–water partition coefficient (Wildman–Crippen LogP) is 8.48. The third-order valence-electron chi connectivity index (χ3n) is 6.82. The van der Waals surface area contributed by atoms with Crippen molar-refractivity contribution in [2.75, 3.05) is 0 Å². The molecule has 0 N–H and O–H groups in total. The summed E-state index contributed by atoms with van der Waals surface area (Å²) in [6.07, 6.45) is 31.4. The Morgan fingerprint density at radius 2 is 1.20 bits per heavy atom. The van der Waals surface area contributed by atoms with E-state index in [1.807, 2.05) is 0 Å². The number of unbranched alkanes of at least 4 members (excludes halogenated alkanes) is 2. The van der Waals surface area contributed by atoms with Gasteiger partial charge in [-0.05, 0) is 81.5 Å². The van der Waals surface area contributed by atoms with E-state index in [9.17, 15) is 0 Å². The van der Waals surface area contributed by atoms with Gasteiger partial charge in [-0.3, -0.25) is 0 Å². The molecule has 0 radical (unpaired) electrons. The second-order valence-electron chi connectivity index (χ2n) is 8.94. The van der Waals surface area contributed by atoms with Crippen molar-refractivity contribution < 1.29 is 0 Å². The third-order valence-corrected chi connectivity index (χ3v) is 6.82. The zero-order valence-electron chi connectivity index (χ0n) is 17.2. The van der Waals surface area contributed by atoms with Gasteiger partial charge in [0, 0.05) is 0 Å². The molecule has 0 aromatic rings. The Balaban J connectivity index is 1.52. The molecule has 0 aliphatic heterocycles. The number of rotatable bonds is 10. The van der Waals surface area contributed by atoms with E-state index < -0.39 is 0 Å². The third kappa shape index (κ3) is 8.61. The quantitative estimate of drug-likeness (QED) is 0.275. The molecule has 0 nitrogen and oxygen atoms in total. The van der Waals surface area contributed by atoms with Crippen LogP contribution < -0.4 is 0 Å². The van der Waals surface area contributed by atoms with Crippen molar-refractivity contribution in [2.24, 2.45) is 23.7 Å². The molecule has 25 heavy (non-hydrogen) atoms. The van der Waals surface area contributed by atoms with Gasteiger partial charge in [0.1, 0.15) is 0 Å². The highest BCUT2D eigenvalue weighted by atomic mass is 14.3. The Hall–Kier alpha value is -0.520. The fourth-order valence-electron chi connectivity index (χ4n) is 4.96. The molecule has 2 aliphatic rings. The van der Waals surface area contributed by atoms with E-state index in [-0.39, 0.29) is 0 Å². The second-order valence-corrected chi connectivity index (χ2v) is 8.94. The van der Waals surface area contributed by atoms with E-state index in [2.05, 4.69) is 38.2 Å². The van der Waals surface area contributed by atoms with Crippen LogP contribution in [0.15, 0.2) is 24.3 Å². The normalized spacial score (nSPS) is 31.1. The van der Waals surface area contributed by atoms with Crippen molar-refractivity contribution in [1.82, 2.24) is 0 Å². The molecule has 0 amide bonds. The number of hydrogen-bond donors (Lipinski definition) is 0. The average Bonchev–Trinajstić information content (AvgIpc) is 2.66. The summed E-state index contributed by atoms with van der Waals surface area (Å²) in [6.45, 7) is 4.56. The second kappa shape index (κ2) is 12.8. The molecule has 0 bridgehead atoms. The first-order valence-electron chi connectivity index (χ1n) is 11.6. The fourth-order valence-corrected chi connectivity index (χ4v) is 4.96. The smallest absolute Gasteiger partial charge is 0.0233 e. The van der Waals surface area contributed by atoms with Gasteiger partial charge in [0.05, 0.1) is 0 Å². The van der Waals surface area contributed by atoms with E-state index >= 15 is 0 Å². The van der Waals surface area contributed by atoms with E-state index in [4.69, 9.17) is 0 Å². The van der Waals surface area contributed by atoms with Gasteiger partial charge < -0.3 is 0 Å². The summed E-state index contributed by atoms with van der Waals surface area (Å²) in [6, 6.07) is 0. The van der Waals surface area contributed by atoms with Crippen LogP contribution in [0, 0.1) is 23.7 Å². The van der Waals surface area contributed by atoms with Crippen LogP contribution in [0.5, 0.6) is 0 Å². The van der Waals surface area contributed by atoms with Gasteiger partial charge in [0.2, 0.25) is 0 Å². The largest absolute Gasteiger partial charge is 0.0885 e. The lowest BCUT2D eigenvalue weighted by atomic mass is 9.78. The van der Waals surface area contributed by atoms with Crippen molar-refractivity contribution in [3.8, 4) is 0 Å². The Labute approximate surface area is 158 Å². The van der Waals surface area contributed by atoms with E-state index in [0.29, 0.717) is 0 Å². The van der Waals surface area contributed by atoms with Crippen LogP contribution in [0.1, 0.15) is 110 Å². The molecule has 0 aromatic carbocycles. The van der Waals surface area contributed by atoms with Gasteiger partial charge in [-0.2, -0.15) is 0 Å². The molecule has 0 heteroatoms. The molecule has 2 fully saturated rings. The van der Waals surface area contributed by atoms with E-state index in [0.717, 1.165) is 23.7 Å². The zero-order valence-corrected chi connectivity index (χ0v) is 17.2. The lowest BCUT2D eigenvalue weighted by Crippen LogP contribution is -2.14. The van der Waals surface area contributed by atoms with Gasteiger partial charge >= 0.3 is 0 Å². The van der Waals surface area contributed by atoms with Crippen molar-refractivity contribution in [1.29, 1.82) is 0 Å². The van der Waals surface area contributed by atoms with Gasteiger partial charge in [-0.15, -0.1) is 0 Å². The average molecular weight is 345 g/mol. The van der Waals surface area contributed by atoms with Crippen LogP contribution in [-0.2, 0) is 0 Å². The Morgan fingerprint density at radius 3 is 1.76 bits per heavy atom. The van der Waals surface area contributed by atoms with Crippen molar-refractivity contribution in [3.63, 3.8) is 0 Å². The maximum atomic E-state index is 2.53. The molecule has 0 saturated heterocycles. The van der Waals surface area contributed by atoms with Crippen LogP contribution in [0.25, 0.3) is 0 Å². The first-order chi connectivity index (χ1) is 12.3. The fraction of sp³-hybridized carbons (Fsp3) is 0.840. The van der Waals surface area contributed by atoms with Crippen LogP contribution in [-0.4, -0.2) is 0 Å². The molecule has 2 saturated carbocycles. The lowest BCUT2D eigenvalue weighted by molar-refractivity contribution is 0.259.